The fourth-order valence-electron chi connectivity index (χ4n) is 2.30. The topological polar surface area (TPSA) is 57.3 Å². The van der Waals surface area contributed by atoms with E-state index in [0.717, 1.165) is 26.2 Å². The Morgan fingerprint density at radius 3 is 2.85 bits per heavy atom. The highest BCUT2D eigenvalue weighted by molar-refractivity contribution is 6.33. The van der Waals surface area contributed by atoms with Crippen molar-refractivity contribution in [2.24, 2.45) is 0 Å². The molecule has 110 valence electrons. The minimum atomic E-state index is -0.123. The molecule has 0 unspecified atom stereocenters. The van der Waals surface area contributed by atoms with Gasteiger partial charge in [0.1, 0.15) is 5.82 Å². The normalized spacial score (nSPS) is 15.3. The lowest BCUT2D eigenvalue weighted by Crippen LogP contribution is -2.33. The highest BCUT2D eigenvalue weighted by Crippen LogP contribution is 2.19. The molecule has 2 heterocycles. The first-order chi connectivity index (χ1) is 9.70. The van der Waals surface area contributed by atoms with Gasteiger partial charge in [0.25, 0.3) is 5.91 Å². The molecule has 0 aromatic carbocycles. The van der Waals surface area contributed by atoms with Crippen molar-refractivity contribution < 1.29 is 4.79 Å². The largest absolute Gasteiger partial charge is 0.369 e. The first-order valence-electron chi connectivity index (χ1n) is 7.10. The van der Waals surface area contributed by atoms with Crippen molar-refractivity contribution in [3.8, 4) is 0 Å². The first kappa shape index (κ1) is 15.1. The van der Waals surface area contributed by atoms with E-state index >= 15 is 0 Å². The molecule has 6 heteroatoms. The number of nitrogens with one attached hydrogen (secondary N) is 2. The van der Waals surface area contributed by atoms with E-state index in [4.69, 9.17) is 11.6 Å². The number of hydrogen-bond donors (Lipinski definition) is 2. The zero-order valence-electron chi connectivity index (χ0n) is 11.8. The van der Waals surface area contributed by atoms with Gasteiger partial charge in [0.15, 0.2) is 0 Å². The lowest BCUT2D eigenvalue weighted by Gasteiger charge is -2.14. The lowest BCUT2D eigenvalue weighted by molar-refractivity contribution is 0.0949. The fraction of sp³-hybridized carbons (Fsp3) is 0.571. The number of hydrogen-bond acceptors (Lipinski definition) is 4. The molecule has 1 aromatic heterocycles. The smallest absolute Gasteiger partial charge is 0.252 e. The number of rotatable bonds is 6. The molecule has 0 radical (unpaired) electrons. The Kier molecular flexibility index (Phi) is 5.61. The van der Waals surface area contributed by atoms with Crippen LogP contribution < -0.4 is 10.6 Å². The van der Waals surface area contributed by atoms with Gasteiger partial charge in [0.05, 0.1) is 10.6 Å². The van der Waals surface area contributed by atoms with Crippen LogP contribution in [0.1, 0.15) is 30.1 Å². The molecule has 0 saturated carbocycles. The van der Waals surface area contributed by atoms with Crippen molar-refractivity contribution in [1.29, 1.82) is 0 Å². The van der Waals surface area contributed by atoms with Gasteiger partial charge in [-0.1, -0.05) is 11.6 Å². The number of pyridine rings is 1. The van der Waals surface area contributed by atoms with E-state index in [2.05, 4.69) is 20.5 Å². The lowest BCUT2D eigenvalue weighted by atomic mass is 10.2. The quantitative estimate of drug-likeness (QED) is 0.843. The fourth-order valence-corrected chi connectivity index (χ4v) is 2.53. The summed E-state index contributed by atoms with van der Waals surface area (Å²) in [5.41, 5.74) is 0.498. The van der Waals surface area contributed by atoms with Crippen LogP contribution >= 0.6 is 11.6 Å². The van der Waals surface area contributed by atoms with Crippen molar-refractivity contribution in [2.75, 3.05) is 38.0 Å². The van der Waals surface area contributed by atoms with Gasteiger partial charge >= 0.3 is 0 Å². The summed E-state index contributed by atoms with van der Waals surface area (Å²) in [6.45, 7) is 6.56. The van der Waals surface area contributed by atoms with E-state index in [1.165, 1.54) is 12.8 Å². The molecule has 1 aliphatic rings. The molecule has 1 amide bonds. The maximum absolute atomic E-state index is 12.0. The van der Waals surface area contributed by atoms with Crippen molar-refractivity contribution in [3.05, 3.63) is 22.8 Å². The minimum absolute atomic E-state index is 0.123. The van der Waals surface area contributed by atoms with Crippen LogP contribution in [0.5, 0.6) is 0 Å². The zero-order chi connectivity index (χ0) is 14.4. The van der Waals surface area contributed by atoms with E-state index in [1.54, 1.807) is 12.3 Å². The maximum Gasteiger partial charge on any atom is 0.252 e. The van der Waals surface area contributed by atoms with Crippen molar-refractivity contribution in [2.45, 2.75) is 19.8 Å². The Morgan fingerprint density at radius 2 is 2.20 bits per heavy atom. The van der Waals surface area contributed by atoms with Gasteiger partial charge in [-0.05, 0) is 38.9 Å². The third kappa shape index (κ3) is 4.08. The van der Waals surface area contributed by atoms with Gasteiger partial charge in [-0.2, -0.15) is 0 Å². The van der Waals surface area contributed by atoms with Gasteiger partial charge in [0.2, 0.25) is 0 Å². The van der Waals surface area contributed by atoms with Crippen LogP contribution in [-0.4, -0.2) is 48.5 Å². The van der Waals surface area contributed by atoms with Crippen LogP contribution in [0.4, 0.5) is 5.82 Å². The monoisotopic (exact) mass is 296 g/mol. The Morgan fingerprint density at radius 1 is 1.45 bits per heavy atom. The Hall–Kier alpha value is -1.33. The van der Waals surface area contributed by atoms with Crippen molar-refractivity contribution in [3.63, 3.8) is 0 Å². The van der Waals surface area contributed by atoms with E-state index in [9.17, 15) is 4.79 Å². The number of nitrogens with zero attached hydrogens (tertiary/aromatic N) is 2. The number of carbonyl (C=O) groups excluding carboxylic acids is 1. The SMILES string of the molecule is CCNc1ncc(C(=O)NCCN2CCCC2)cc1Cl. The van der Waals surface area contributed by atoms with Gasteiger partial charge in [-0.25, -0.2) is 4.98 Å². The molecule has 20 heavy (non-hydrogen) atoms. The molecule has 2 rings (SSSR count). The summed E-state index contributed by atoms with van der Waals surface area (Å²) in [6.07, 6.45) is 4.08. The molecule has 1 aliphatic heterocycles. The predicted molar refractivity (Wildman–Crippen MR) is 81.4 cm³/mol. The van der Waals surface area contributed by atoms with Gasteiger partial charge < -0.3 is 15.5 Å². The van der Waals surface area contributed by atoms with Gasteiger partial charge in [-0.3, -0.25) is 4.79 Å². The predicted octanol–water partition coefficient (Wildman–Crippen LogP) is 1.99. The number of amides is 1. The van der Waals surface area contributed by atoms with Crippen LogP contribution in [-0.2, 0) is 0 Å². The van der Waals surface area contributed by atoms with Gasteiger partial charge in [-0.15, -0.1) is 0 Å². The summed E-state index contributed by atoms with van der Waals surface area (Å²) in [6, 6.07) is 1.65. The number of halogens is 1. The van der Waals surface area contributed by atoms with Crippen molar-refractivity contribution in [1.82, 2.24) is 15.2 Å². The highest BCUT2D eigenvalue weighted by Gasteiger charge is 2.12. The van der Waals surface area contributed by atoms with E-state index in [1.807, 2.05) is 6.92 Å². The van der Waals surface area contributed by atoms with Gasteiger partial charge in [0, 0.05) is 25.8 Å². The molecule has 0 aliphatic carbocycles. The number of anilines is 1. The molecule has 0 atom stereocenters. The first-order valence-corrected chi connectivity index (χ1v) is 7.48. The summed E-state index contributed by atoms with van der Waals surface area (Å²) in [4.78, 5) is 18.5. The van der Waals surface area contributed by atoms with Crippen molar-refractivity contribution >= 4 is 23.3 Å². The zero-order valence-corrected chi connectivity index (χ0v) is 12.5. The third-order valence-corrected chi connectivity index (χ3v) is 3.65. The second-order valence-electron chi connectivity index (χ2n) is 4.89. The van der Waals surface area contributed by atoms with E-state index in [-0.39, 0.29) is 5.91 Å². The van der Waals surface area contributed by atoms with Crippen LogP contribution in [0.2, 0.25) is 5.02 Å². The second kappa shape index (κ2) is 7.45. The molecule has 5 nitrogen and oxygen atoms in total. The molecule has 0 spiro atoms. The average molecular weight is 297 g/mol. The minimum Gasteiger partial charge on any atom is -0.369 e. The maximum atomic E-state index is 12.0. The van der Waals surface area contributed by atoms with Crippen LogP contribution in [0.25, 0.3) is 0 Å². The summed E-state index contributed by atoms with van der Waals surface area (Å²) in [5.74, 6) is 0.490. The summed E-state index contributed by atoms with van der Waals surface area (Å²) in [5, 5.41) is 6.42. The summed E-state index contributed by atoms with van der Waals surface area (Å²) < 4.78 is 0. The summed E-state index contributed by atoms with van der Waals surface area (Å²) >= 11 is 6.08. The molecule has 1 saturated heterocycles. The molecule has 1 fully saturated rings. The van der Waals surface area contributed by atoms with Crippen LogP contribution in [0, 0.1) is 0 Å². The number of likely N-dealkylation sites (tertiary alicyclic amines) is 1. The molecule has 1 aromatic rings. The molecule has 2 N–H and O–H groups in total. The Labute approximate surface area is 124 Å². The Bertz CT molecular complexity index is 460. The Balaban J connectivity index is 1.83. The third-order valence-electron chi connectivity index (χ3n) is 3.36. The highest BCUT2D eigenvalue weighted by atomic mass is 35.5. The van der Waals surface area contributed by atoms with E-state index in [0.29, 0.717) is 22.9 Å². The summed E-state index contributed by atoms with van der Waals surface area (Å²) in [7, 11) is 0. The molecular weight excluding hydrogens is 276 g/mol. The number of carbonyl (C=O) groups is 1. The van der Waals surface area contributed by atoms with Crippen LogP contribution in [0.15, 0.2) is 12.3 Å². The van der Waals surface area contributed by atoms with Crippen LogP contribution in [0.3, 0.4) is 0 Å². The average Bonchev–Trinajstić information content (AvgIpc) is 2.94. The molecular formula is C14H21ClN4O. The number of aromatic nitrogens is 1. The second-order valence-corrected chi connectivity index (χ2v) is 5.30. The van der Waals surface area contributed by atoms with E-state index < -0.39 is 0 Å². The standard InChI is InChI=1S/C14H21ClN4O/c1-2-16-13-12(15)9-11(10-18-13)14(20)17-5-8-19-6-3-4-7-19/h9-10H,2-8H2,1H3,(H,16,18)(H,17,20). The molecule has 0 bridgehead atoms.